The van der Waals surface area contributed by atoms with Crippen molar-refractivity contribution in [3.63, 3.8) is 0 Å². The zero-order valence-electron chi connectivity index (χ0n) is 14.7. The standard InChI is InChI=1S/C17H20F3N5O2/c1-24(15-13-2-3-21-14(13)22-9-23-15)12-4-10-6-25(7-11(10)5-12)16(26)27-8-17(18,19)20/h2-3,9-12H,4-8H2,1H3,(H,21,22,23)/t10-,11-/m1/s1. The van der Waals surface area contributed by atoms with Crippen LogP contribution < -0.4 is 4.90 Å². The van der Waals surface area contributed by atoms with Gasteiger partial charge in [0, 0.05) is 32.4 Å². The van der Waals surface area contributed by atoms with E-state index in [4.69, 9.17) is 0 Å². The number of nitrogens with one attached hydrogen (secondary N) is 1. The molecule has 1 aliphatic heterocycles. The quantitative estimate of drug-likeness (QED) is 0.882. The van der Waals surface area contributed by atoms with Crippen LogP contribution in [0.2, 0.25) is 0 Å². The van der Waals surface area contributed by atoms with E-state index in [9.17, 15) is 18.0 Å². The second kappa shape index (κ2) is 6.58. The van der Waals surface area contributed by atoms with Crippen molar-refractivity contribution in [3.05, 3.63) is 18.6 Å². The van der Waals surface area contributed by atoms with E-state index >= 15 is 0 Å². The van der Waals surface area contributed by atoms with E-state index in [1.807, 2.05) is 19.3 Å². The number of carbonyl (C=O) groups excluding carboxylic acids is 1. The van der Waals surface area contributed by atoms with Crippen molar-refractivity contribution in [1.29, 1.82) is 0 Å². The van der Waals surface area contributed by atoms with Crippen LogP contribution in [0.15, 0.2) is 18.6 Å². The van der Waals surface area contributed by atoms with Gasteiger partial charge in [0.15, 0.2) is 6.61 Å². The third-order valence-electron chi connectivity index (χ3n) is 5.56. The molecule has 1 saturated carbocycles. The van der Waals surface area contributed by atoms with Crippen molar-refractivity contribution in [3.8, 4) is 0 Å². The fourth-order valence-corrected chi connectivity index (χ4v) is 4.28. The van der Waals surface area contributed by atoms with Crippen LogP contribution in [0, 0.1) is 11.8 Å². The minimum atomic E-state index is -4.50. The topological polar surface area (TPSA) is 74.4 Å². The molecule has 27 heavy (non-hydrogen) atoms. The second-order valence-electron chi connectivity index (χ2n) is 7.27. The highest BCUT2D eigenvalue weighted by Gasteiger charge is 2.44. The Bertz CT molecular complexity index is 825. The van der Waals surface area contributed by atoms with E-state index in [2.05, 4.69) is 24.6 Å². The Kier molecular flexibility index (Phi) is 4.35. The number of aromatic amines is 1. The molecule has 1 amide bonds. The van der Waals surface area contributed by atoms with Crippen LogP contribution in [0.1, 0.15) is 12.8 Å². The summed E-state index contributed by atoms with van der Waals surface area (Å²) in [7, 11) is 2.00. The molecular weight excluding hydrogens is 363 g/mol. The highest BCUT2D eigenvalue weighted by atomic mass is 19.4. The molecule has 3 heterocycles. The SMILES string of the molecule is CN(c1ncnc2[nH]ccc12)C1C[C@@H]2CN(C(=O)OCC(F)(F)F)C[C@H]2C1. The van der Waals surface area contributed by atoms with Crippen LogP contribution in [0.5, 0.6) is 0 Å². The third-order valence-corrected chi connectivity index (χ3v) is 5.56. The number of halogens is 3. The maximum absolute atomic E-state index is 12.2. The largest absolute Gasteiger partial charge is 0.440 e. The minimum Gasteiger partial charge on any atom is -0.440 e. The van der Waals surface area contributed by atoms with Crippen molar-refractivity contribution in [2.45, 2.75) is 25.1 Å². The van der Waals surface area contributed by atoms with Gasteiger partial charge in [-0.2, -0.15) is 13.2 Å². The molecule has 1 aliphatic carbocycles. The van der Waals surface area contributed by atoms with E-state index < -0.39 is 18.9 Å². The minimum absolute atomic E-state index is 0.263. The molecule has 2 fully saturated rings. The molecule has 2 aromatic heterocycles. The summed E-state index contributed by atoms with van der Waals surface area (Å²) in [5, 5.41) is 0.953. The molecule has 0 aromatic carbocycles. The summed E-state index contributed by atoms with van der Waals surface area (Å²) in [6.45, 7) is -0.659. The maximum Gasteiger partial charge on any atom is 0.422 e. The number of alkyl halides is 3. The highest BCUT2D eigenvalue weighted by molar-refractivity contribution is 5.87. The van der Waals surface area contributed by atoms with Crippen molar-refractivity contribution in [2.24, 2.45) is 11.8 Å². The van der Waals surface area contributed by atoms with Gasteiger partial charge in [-0.15, -0.1) is 0 Å². The van der Waals surface area contributed by atoms with Gasteiger partial charge in [-0.3, -0.25) is 0 Å². The molecule has 4 rings (SSSR count). The number of anilines is 1. The van der Waals surface area contributed by atoms with Gasteiger partial charge in [-0.25, -0.2) is 14.8 Å². The molecule has 2 aliphatic rings. The summed E-state index contributed by atoms with van der Waals surface area (Å²) in [6, 6.07) is 2.20. The van der Waals surface area contributed by atoms with Crippen LogP contribution in [0.3, 0.4) is 0 Å². The van der Waals surface area contributed by atoms with Gasteiger partial charge in [0.2, 0.25) is 0 Å². The number of ether oxygens (including phenoxy) is 1. The van der Waals surface area contributed by atoms with Crippen LogP contribution in [0.25, 0.3) is 11.0 Å². The number of aromatic nitrogens is 3. The summed E-state index contributed by atoms with van der Waals surface area (Å²) in [5.41, 5.74) is 0.781. The van der Waals surface area contributed by atoms with Crippen LogP contribution in [-0.2, 0) is 4.74 Å². The molecule has 0 unspecified atom stereocenters. The summed E-state index contributed by atoms with van der Waals surface area (Å²) < 4.78 is 41.0. The first-order valence-corrected chi connectivity index (χ1v) is 8.81. The summed E-state index contributed by atoms with van der Waals surface area (Å²) in [5.74, 6) is 1.38. The lowest BCUT2D eigenvalue weighted by molar-refractivity contribution is -0.162. The first-order chi connectivity index (χ1) is 12.8. The van der Waals surface area contributed by atoms with E-state index in [0.29, 0.717) is 13.1 Å². The lowest BCUT2D eigenvalue weighted by Crippen LogP contribution is -2.36. The predicted molar refractivity (Wildman–Crippen MR) is 91.3 cm³/mol. The lowest BCUT2D eigenvalue weighted by Gasteiger charge is -2.27. The van der Waals surface area contributed by atoms with E-state index in [1.54, 1.807) is 0 Å². The molecule has 146 valence electrons. The summed E-state index contributed by atoms with van der Waals surface area (Å²) >= 11 is 0. The predicted octanol–water partition coefficient (Wildman–Crippen LogP) is 2.80. The molecule has 10 heteroatoms. The molecule has 0 bridgehead atoms. The molecule has 1 N–H and O–H groups in total. The average molecular weight is 383 g/mol. The average Bonchev–Trinajstić information content (AvgIpc) is 3.31. The molecule has 0 radical (unpaired) electrons. The van der Waals surface area contributed by atoms with Crippen LogP contribution in [-0.4, -0.2) is 64.9 Å². The smallest absolute Gasteiger partial charge is 0.422 e. The Hall–Kier alpha value is -2.52. The molecule has 0 spiro atoms. The first-order valence-electron chi connectivity index (χ1n) is 8.81. The van der Waals surface area contributed by atoms with Crippen LogP contribution in [0.4, 0.5) is 23.8 Å². The van der Waals surface area contributed by atoms with Gasteiger partial charge in [0.05, 0.1) is 5.39 Å². The van der Waals surface area contributed by atoms with Crippen molar-refractivity contribution in [2.75, 3.05) is 31.6 Å². The van der Waals surface area contributed by atoms with Crippen molar-refractivity contribution in [1.82, 2.24) is 19.9 Å². The van der Waals surface area contributed by atoms with E-state index in [0.717, 1.165) is 29.7 Å². The van der Waals surface area contributed by atoms with Crippen molar-refractivity contribution < 1.29 is 22.7 Å². The monoisotopic (exact) mass is 383 g/mol. The van der Waals surface area contributed by atoms with Gasteiger partial charge in [-0.1, -0.05) is 0 Å². The molecule has 2 atom stereocenters. The second-order valence-corrected chi connectivity index (χ2v) is 7.27. The number of carbonyl (C=O) groups is 1. The number of fused-ring (bicyclic) bond motifs is 2. The number of hydrogen-bond donors (Lipinski definition) is 1. The normalized spacial score (nSPS) is 23.0. The molecule has 2 aromatic rings. The fourth-order valence-electron chi connectivity index (χ4n) is 4.28. The molecular formula is C17H20F3N5O2. The Morgan fingerprint density at radius 2 is 2.04 bits per heavy atom. The van der Waals surface area contributed by atoms with Crippen LogP contribution >= 0.6 is 0 Å². The maximum atomic E-state index is 12.2. The number of nitrogens with zero attached hydrogens (tertiary/aromatic N) is 4. The highest BCUT2D eigenvalue weighted by Crippen LogP contribution is 2.41. The first kappa shape index (κ1) is 17.9. The van der Waals surface area contributed by atoms with Gasteiger partial charge in [0.25, 0.3) is 0 Å². The Labute approximate surface area is 153 Å². The van der Waals surface area contributed by atoms with E-state index in [-0.39, 0.29) is 17.9 Å². The lowest BCUT2D eigenvalue weighted by atomic mass is 10.0. The number of likely N-dealkylation sites (tertiary alicyclic amines) is 1. The van der Waals surface area contributed by atoms with Gasteiger partial charge < -0.3 is 19.5 Å². The fraction of sp³-hybridized carbons (Fsp3) is 0.588. The summed E-state index contributed by atoms with van der Waals surface area (Å²) in [4.78, 5) is 27.1. The Morgan fingerprint density at radius 3 is 2.70 bits per heavy atom. The number of H-pyrrole nitrogens is 1. The van der Waals surface area contributed by atoms with Gasteiger partial charge in [-0.05, 0) is 30.7 Å². The zero-order chi connectivity index (χ0) is 19.2. The number of amides is 1. The zero-order valence-corrected chi connectivity index (χ0v) is 14.7. The van der Waals surface area contributed by atoms with E-state index in [1.165, 1.54) is 11.2 Å². The van der Waals surface area contributed by atoms with Crippen molar-refractivity contribution >= 4 is 22.9 Å². The van der Waals surface area contributed by atoms with Gasteiger partial charge >= 0.3 is 12.3 Å². The Morgan fingerprint density at radius 1 is 1.33 bits per heavy atom. The van der Waals surface area contributed by atoms with Gasteiger partial charge in [0.1, 0.15) is 17.8 Å². The summed E-state index contributed by atoms with van der Waals surface area (Å²) in [6.07, 6.45) is -0.305. The molecule has 1 saturated heterocycles. The Balaban J connectivity index is 1.37. The number of hydrogen-bond acceptors (Lipinski definition) is 5. The molecule has 7 nitrogen and oxygen atoms in total. The number of rotatable bonds is 3. The third kappa shape index (κ3) is 3.52.